The van der Waals surface area contributed by atoms with Gasteiger partial charge in [-0.2, -0.15) is 0 Å². The van der Waals surface area contributed by atoms with Gasteiger partial charge in [-0.15, -0.1) is 0 Å². The lowest BCUT2D eigenvalue weighted by Crippen LogP contribution is -1.93. The van der Waals surface area contributed by atoms with E-state index in [2.05, 4.69) is 19.9 Å². The van der Waals surface area contributed by atoms with Crippen molar-refractivity contribution in [1.29, 1.82) is 0 Å². The van der Waals surface area contributed by atoms with Crippen molar-refractivity contribution in [3.8, 4) is 22.6 Å². The van der Waals surface area contributed by atoms with Crippen LogP contribution in [0.1, 0.15) is 0 Å². The van der Waals surface area contributed by atoms with Gasteiger partial charge in [0.1, 0.15) is 5.15 Å². The van der Waals surface area contributed by atoms with Gasteiger partial charge in [0.25, 0.3) is 0 Å². The molecular weight excluding hydrogens is 260 g/mol. The predicted molar refractivity (Wildman–Crippen MR) is 73.5 cm³/mol. The summed E-state index contributed by atoms with van der Waals surface area (Å²) in [5.41, 5.74) is 2.40. The number of halogens is 1. The largest absolute Gasteiger partial charge is 0.264 e. The molecule has 4 nitrogen and oxygen atoms in total. The average Bonchev–Trinajstić information content (AvgIpc) is 2.49. The second-order valence-corrected chi connectivity index (χ2v) is 4.21. The lowest BCUT2D eigenvalue weighted by Gasteiger charge is -2.04. The van der Waals surface area contributed by atoms with Crippen LogP contribution in [0.5, 0.6) is 0 Å². The summed E-state index contributed by atoms with van der Waals surface area (Å²) in [6, 6.07) is 9.28. The summed E-state index contributed by atoms with van der Waals surface area (Å²) in [5, 5.41) is 0.429. The van der Waals surface area contributed by atoms with Crippen molar-refractivity contribution < 1.29 is 0 Å². The lowest BCUT2D eigenvalue weighted by molar-refractivity contribution is 1.16. The van der Waals surface area contributed by atoms with Crippen LogP contribution in [0, 0.1) is 0 Å². The first-order valence-electron chi connectivity index (χ1n) is 5.69. The maximum atomic E-state index is 6.07. The van der Waals surface area contributed by atoms with Gasteiger partial charge in [-0.3, -0.25) is 4.98 Å². The van der Waals surface area contributed by atoms with E-state index in [0.717, 1.165) is 16.8 Å². The highest BCUT2D eigenvalue weighted by molar-refractivity contribution is 6.32. The van der Waals surface area contributed by atoms with Crippen LogP contribution in [-0.4, -0.2) is 19.9 Å². The minimum atomic E-state index is 0.429. The van der Waals surface area contributed by atoms with Crippen LogP contribution in [0.15, 0.2) is 55.1 Å². The van der Waals surface area contributed by atoms with Gasteiger partial charge in [-0.1, -0.05) is 11.6 Å². The average molecular weight is 269 g/mol. The van der Waals surface area contributed by atoms with Crippen molar-refractivity contribution in [3.63, 3.8) is 0 Å². The predicted octanol–water partition coefficient (Wildman–Crippen LogP) is 3.25. The molecule has 0 unspecified atom stereocenters. The fraction of sp³-hybridized carbons (Fsp3) is 0. The summed E-state index contributed by atoms with van der Waals surface area (Å²) in [6.07, 6.45) is 6.79. The van der Waals surface area contributed by atoms with Crippen molar-refractivity contribution in [2.45, 2.75) is 0 Å². The van der Waals surface area contributed by atoms with Crippen molar-refractivity contribution in [1.82, 2.24) is 19.9 Å². The molecule has 0 aliphatic rings. The summed E-state index contributed by atoms with van der Waals surface area (Å²) in [5.74, 6) is 0.616. The Morgan fingerprint density at radius 1 is 0.895 bits per heavy atom. The molecule has 0 N–H and O–H groups in total. The maximum absolute atomic E-state index is 6.07. The van der Waals surface area contributed by atoms with Gasteiger partial charge in [0, 0.05) is 35.9 Å². The summed E-state index contributed by atoms with van der Waals surface area (Å²) < 4.78 is 0. The Morgan fingerprint density at radius 2 is 1.79 bits per heavy atom. The first kappa shape index (κ1) is 11.7. The van der Waals surface area contributed by atoms with E-state index >= 15 is 0 Å². The molecule has 92 valence electrons. The molecule has 3 rings (SSSR count). The molecule has 0 bridgehead atoms. The first-order valence-corrected chi connectivity index (χ1v) is 6.07. The number of hydrogen-bond donors (Lipinski definition) is 0. The fourth-order valence-corrected chi connectivity index (χ4v) is 1.94. The molecule has 0 radical (unpaired) electrons. The SMILES string of the molecule is Clc1ncccc1-c1ccnc(-c2cccnc2)n1. The topological polar surface area (TPSA) is 51.6 Å². The minimum Gasteiger partial charge on any atom is -0.264 e. The number of nitrogens with zero attached hydrogens (tertiary/aromatic N) is 4. The molecule has 0 aliphatic heterocycles. The molecule has 0 atom stereocenters. The highest BCUT2D eigenvalue weighted by atomic mass is 35.5. The van der Waals surface area contributed by atoms with Crippen LogP contribution < -0.4 is 0 Å². The van der Waals surface area contributed by atoms with E-state index in [9.17, 15) is 0 Å². The Hall–Kier alpha value is -2.33. The van der Waals surface area contributed by atoms with Gasteiger partial charge in [-0.05, 0) is 30.3 Å². The zero-order chi connectivity index (χ0) is 13.1. The molecule has 0 saturated carbocycles. The molecule has 0 aromatic carbocycles. The maximum Gasteiger partial charge on any atom is 0.161 e. The number of aromatic nitrogens is 4. The number of rotatable bonds is 2. The zero-order valence-electron chi connectivity index (χ0n) is 9.86. The third kappa shape index (κ3) is 2.44. The third-order valence-corrected chi connectivity index (χ3v) is 2.91. The first-order chi connectivity index (χ1) is 9.34. The number of pyridine rings is 2. The zero-order valence-corrected chi connectivity index (χ0v) is 10.6. The summed E-state index contributed by atoms with van der Waals surface area (Å²) in [7, 11) is 0. The van der Waals surface area contributed by atoms with Gasteiger partial charge >= 0.3 is 0 Å². The molecule has 0 aliphatic carbocycles. The van der Waals surface area contributed by atoms with Crippen molar-refractivity contribution in [2.75, 3.05) is 0 Å². The summed E-state index contributed by atoms with van der Waals surface area (Å²) in [6.45, 7) is 0. The standard InChI is InChI=1S/C14H9ClN4/c15-13-11(4-2-7-17-13)12-5-8-18-14(19-12)10-3-1-6-16-9-10/h1-9H. The Labute approximate surface area is 115 Å². The minimum absolute atomic E-state index is 0.429. The van der Waals surface area contributed by atoms with Crippen LogP contribution in [0.25, 0.3) is 22.6 Å². The van der Waals surface area contributed by atoms with Crippen molar-refractivity contribution in [2.24, 2.45) is 0 Å². The van der Waals surface area contributed by atoms with Gasteiger partial charge in [-0.25, -0.2) is 15.0 Å². The van der Waals surface area contributed by atoms with Crippen LogP contribution >= 0.6 is 11.6 Å². The monoisotopic (exact) mass is 268 g/mol. The fourth-order valence-electron chi connectivity index (χ4n) is 1.72. The Balaban J connectivity index is 2.09. The van der Waals surface area contributed by atoms with Crippen LogP contribution in [0.2, 0.25) is 5.15 Å². The highest BCUT2D eigenvalue weighted by Crippen LogP contribution is 2.25. The van der Waals surface area contributed by atoms with E-state index in [0.29, 0.717) is 11.0 Å². The van der Waals surface area contributed by atoms with E-state index in [4.69, 9.17) is 11.6 Å². The smallest absolute Gasteiger partial charge is 0.161 e. The van der Waals surface area contributed by atoms with Crippen molar-refractivity contribution in [3.05, 3.63) is 60.3 Å². The Kier molecular flexibility index (Phi) is 3.16. The molecule has 3 aromatic rings. The molecule has 5 heteroatoms. The molecule has 3 aromatic heterocycles. The Bertz CT molecular complexity index is 701. The summed E-state index contributed by atoms with van der Waals surface area (Å²) >= 11 is 6.07. The van der Waals surface area contributed by atoms with Crippen LogP contribution in [0.4, 0.5) is 0 Å². The second kappa shape index (κ2) is 5.12. The molecule has 3 heterocycles. The Morgan fingerprint density at radius 3 is 2.58 bits per heavy atom. The van der Waals surface area contributed by atoms with Gasteiger partial charge in [0.15, 0.2) is 5.82 Å². The molecule has 0 amide bonds. The molecule has 0 saturated heterocycles. The highest BCUT2D eigenvalue weighted by Gasteiger charge is 2.07. The molecule has 19 heavy (non-hydrogen) atoms. The normalized spacial score (nSPS) is 10.4. The lowest BCUT2D eigenvalue weighted by atomic mass is 10.2. The molecular formula is C14H9ClN4. The van der Waals surface area contributed by atoms with E-state index < -0.39 is 0 Å². The van der Waals surface area contributed by atoms with Crippen molar-refractivity contribution >= 4 is 11.6 Å². The molecule has 0 spiro atoms. The van der Waals surface area contributed by atoms with E-state index in [1.54, 1.807) is 24.8 Å². The van der Waals surface area contributed by atoms with E-state index in [1.807, 2.05) is 30.3 Å². The summed E-state index contributed by atoms with van der Waals surface area (Å²) in [4.78, 5) is 16.9. The van der Waals surface area contributed by atoms with Gasteiger partial charge < -0.3 is 0 Å². The van der Waals surface area contributed by atoms with Crippen LogP contribution in [0.3, 0.4) is 0 Å². The van der Waals surface area contributed by atoms with Crippen LogP contribution in [-0.2, 0) is 0 Å². The van der Waals surface area contributed by atoms with E-state index in [-0.39, 0.29) is 0 Å². The number of hydrogen-bond acceptors (Lipinski definition) is 4. The van der Waals surface area contributed by atoms with Gasteiger partial charge in [0.2, 0.25) is 0 Å². The quantitative estimate of drug-likeness (QED) is 0.670. The molecule has 0 fully saturated rings. The van der Waals surface area contributed by atoms with Gasteiger partial charge in [0.05, 0.1) is 5.69 Å². The third-order valence-electron chi connectivity index (χ3n) is 2.61. The second-order valence-electron chi connectivity index (χ2n) is 3.85. The van der Waals surface area contributed by atoms with E-state index in [1.165, 1.54) is 0 Å².